The van der Waals surface area contributed by atoms with Gasteiger partial charge in [0.25, 0.3) is 0 Å². The molecule has 3 heterocycles. The third-order valence-electron chi connectivity index (χ3n) is 10.5. The lowest BCUT2D eigenvalue weighted by Crippen LogP contribution is -2.58. The summed E-state index contributed by atoms with van der Waals surface area (Å²) < 4.78 is 12.6. The molecule has 3 aliphatic rings. The SMILES string of the molecule is C=CCN(C(=O)[C@@H]1[C@H]2C(=O)N(CCCCCCO)C(C(=O)N(CC=C)C(C)CCC)C23CC(C)[C@@]1(C)O3)c1ccc(OCC)cc1. The van der Waals surface area contributed by atoms with Crippen molar-refractivity contribution in [2.24, 2.45) is 17.8 Å². The predicted octanol–water partition coefficient (Wildman–Crippen LogP) is 5.37. The van der Waals surface area contributed by atoms with Gasteiger partial charge >= 0.3 is 0 Å². The molecule has 0 radical (unpaired) electrons. The number of carbonyl (C=O) groups excluding carboxylic acids is 3. The highest BCUT2D eigenvalue weighted by molar-refractivity contribution is 6.03. The Kier molecular flexibility index (Phi) is 11.8. The molecule has 4 rings (SSSR count). The molecule has 0 aliphatic carbocycles. The summed E-state index contributed by atoms with van der Waals surface area (Å²) in [5.41, 5.74) is -1.35. The zero-order chi connectivity index (χ0) is 33.6. The first kappa shape index (κ1) is 35.7. The molecule has 1 N–H and O–H groups in total. The van der Waals surface area contributed by atoms with Crippen molar-refractivity contribution in [3.8, 4) is 5.75 Å². The summed E-state index contributed by atoms with van der Waals surface area (Å²) in [5, 5.41) is 9.27. The summed E-state index contributed by atoms with van der Waals surface area (Å²) in [5.74, 6) is -1.41. The van der Waals surface area contributed by atoms with E-state index in [1.54, 1.807) is 22.0 Å². The Balaban J connectivity index is 1.77. The minimum atomic E-state index is -1.11. The van der Waals surface area contributed by atoms with Crippen LogP contribution in [0.5, 0.6) is 5.75 Å². The quantitative estimate of drug-likeness (QED) is 0.172. The van der Waals surface area contributed by atoms with Crippen LogP contribution in [-0.2, 0) is 19.1 Å². The van der Waals surface area contributed by atoms with Gasteiger partial charge in [0.2, 0.25) is 17.7 Å². The number of fused-ring (bicyclic) bond motifs is 1. The van der Waals surface area contributed by atoms with E-state index in [9.17, 15) is 19.5 Å². The number of ether oxygens (including phenoxy) is 2. The lowest BCUT2D eigenvalue weighted by atomic mass is 9.62. The molecule has 0 saturated carbocycles. The summed E-state index contributed by atoms with van der Waals surface area (Å²) in [7, 11) is 0. The molecule has 3 amide bonds. The van der Waals surface area contributed by atoms with Gasteiger partial charge in [0.05, 0.1) is 24.0 Å². The Bertz CT molecular complexity index is 1250. The topological polar surface area (TPSA) is 99.6 Å². The third kappa shape index (κ3) is 6.37. The van der Waals surface area contributed by atoms with Crippen LogP contribution in [-0.4, -0.2) is 88.8 Å². The summed E-state index contributed by atoms with van der Waals surface area (Å²) in [6, 6.07) is 6.51. The van der Waals surface area contributed by atoms with Crippen LogP contribution in [0.1, 0.15) is 79.6 Å². The molecule has 2 bridgehead atoms. The van der Waals surface area contributed by atoms with Crippen molar-refractivity contribution in [1.29, 1.82) is 0 Å². The van der Waals surface area contributed by atoms with Gasteiger partial charge in [-0.3, -0.25) is 14.4 Å². The minimum absolute atomic E-state index is 0.0424. The Labute approximate surface area is 275 Å². The first-order valence-corrected chi connectivity index (χ1v) is 17.2. The van der Waals surface area contributed by atoms with Crippen LogP contribution in [0.4, 0.5) is 5.69 Å². The predicted molar refractivity (Wildman–Crippen MR) is 180 cm³/mol. The number of amides is 3. The van der Waals surface area contributed by atoms with Crippen LogP contribution >= 0.6 is 0 Å². The van der Waals surface area contributed by atoms with E-state index in [1.807, 2.05) is 49.9 Å². The number of carbonyl (C=O) groups is 3. The second-order valence-corrected chi connectivity index (χ2v) is 13.5. The smallest absolute Gasteiger partial charge is 0.248 e. The van der Waals surface area contributed by atoms with E-state index >= 15 is 0 Å². The molecule has 3 aliphatic heterocycles. The molecule has 9 nitrogen and oxygen atoms in total. The van der Waals surface area contributed by atoms with E-state index in [2.05, 4.69) is 27.0 Å². The third-order valence-corrected chi connectivity index (χ3v) is 10.5. The molecule has 7 atom stereocenters. The van der Waals surface area contributed by atoms with Gasteiger partial charge in [-0.2, -0.15) is 0 Å². The molecule has 4 unspecified atom stereocenters. The standard InChI is InChI=1S/C37H55N3O6/c1-8-16-27(6)38(21-9-2)35(44)32-37-25-26(5)36(7,46-37)30(31(37)34(43)40(32)23-14-12-13-15-24-41)33(42)39(22-10-3)28-17-19-29(20-18-28)45-11-4/h9-10,17-20,26-27,30-32,41H,2-3,8,11-16,21-25H2,1,4-7H3/t26?,27?,30-,31-,32?,36+,37?/m0/s1. The Morgan fingerprint density at radius 1 is 1.11 bits per heavy atom. The average molecular weight is 638 g/mol. The van der Waals surface area contributed by atoms with Crippen LogP contribution < -0.4 is 9.64 Å². The fourth-order valence-corrected chi connectivity index (χ4v) is 8.25. The second kappa shape index (κ2) is 15.2. The van der Waals surface area contributed by atoms with Crippen molar-refractivity contribution in [3.63, 3.8) is 0 Å². The van der Waals surface area contributed by atoms with E-state index in [0.29, 0.717) is 50.4 Å². The number of unbranched alkanes of at least 4 members (excludes halogenated alkanes) is 3. The van der Waals surface area contributed by atoms with Crippen LogP contribution in [0.25, 0.3) is 0 Å². The maximum absolute atomic E-state index is 14.8. The van der Waals surface area contributed by atoms with Gasteiger partial charge in [-0.25, -0.2) is 0 Å². The molecule has 1 aromatic carbocycles. The number of benzene rings is 1. The molecule has 1 spiro atoms. The van der Waals surface area contributed by atoms with Gasteiger partial charge < -0.3 is 29.3 Å². The molecule has 9 heteroatoms. The Morgan fingerprint density at radius 3 is 2.39 bits per heavy atom. The van der Waals surface area contributed by atoms with E-state index in [0.717, 1.165) is 25.7 Å². The summed E-state index contributed by atoms with van der Waals surface area (Å²) in [6.45, 7) is 19.6. The highest BCUT2D eigenvalue weighted by Gasteiger charge is 2.80. The first-order chi connectivity index (χ1) is 22.1. The molecule has 46 heavy (non-hydrogen) atoms. The van der Waals surface area contributed by atoms with Crippen LogP contribution in [0, 0.1) is 17.8 Å². The average Bonchev–Trinajstić information content (AvgIpc) is 3.54. The minimum Gasteiger partial charge on any atom is -0.494 e. The molecule has 0 aromatic heterocycles. The zero-order valence-corrected chi connectivity index (χ0v) is 28.6. The monoisotopic (exact) mass is 637 g/mol. The zero-order valence-electron chi connectivity index (χ0n) is 28.6. The van der Waals surface area contributed by atoms with Crippen molar-refractivity contribution in [3.05, 3.63) is 49.6 Å². The van der Waals surface area contributed by atoms with E-state index < -0.39 is 29.1 Å². The lowest BCUT2D eigenvalue weighted by Gasteiger charge is -2.40. The Morgan fingerprint density at radius 2 is 1.78 bits per heavy atom. The van der Waals surface area contributed by atoms with Crippen molar-refractivity contribution in [1.82, 2.24) is 9.80 Å². The van der Waals surface area contributed by atoms with Gasteiger partial charge in [-0.05, 0) is 76.6 Å². The number of likely N-dealkylation sites (tertiary alicyclic amines) is 1. The molecule has 3 fully saturated rings. The first-order valence-electron chi connectivity index (χ1n) is 17.2. The summed E-state index contributed by atoms with van der Waals surface area (Å²) in [6.07, 6.45) is 8.76. The number of hydrogen-bond donors (Lipinski definition) is 1. The van der Waals surface area contributed by atoms with Crippen LogP contribution in [0.15, 0.2) is 49.6 Å². The van der Waals surface area contributed by atoms with Crippen molar-refractivity contribution < 1.29 is 29.0 Å². The van der Waals surface area contributed by atoms with Crippen molar-refractivity contribution in [2.75, 3.05) is 37.7 Å². The highest BCUT2D eigenvalue weighted by atomic mass is 16.5. The number of anilines is 1. The van der Waals surface area contributed by atoms with Gasteiger partial charge in [0.1, 0.15) is 17.4 Å². The maximum Gasteiger partial charge on any atom is 0.248 e. The fraction of sp³-hybridized carbons (Fsp3) is 0.649. The second-order valence-electron chi connectivity index (χ2n) is 13.5. The summed E-state index contributed by atoms with van der Waals surface area (Å²) in [4.78, 5) is 49.5. The number of aliphatic hydroxyl groups is 1. The van der Waals surface area contributed by atoms with Gasteiger partial charge in [-0.1, -0.05) is 45.3 Å². The molecule has 254 valence electrons. The van der Waals surface area contributed by atoms with Crippen LogP contribution in [0.2, 0.25) is 0 Å². The molecular formula is C37H55N3O6. The van der Waals surface area contributed by atoms with Crippen molar-refractivity contribution in [2.45, 2.75) is 103 Å². The highest BCUT2D eigenvalue weighted by Crippen LogP contribution is 2.65. The largest absolute Gasteiger partial charge is 0.494 e. The molecular weight excluding hydrogens is 582 g/mol. The molecule has 3 saturated heterocycles. The lowest BCUT2D eigenvalue weighted by molar-refractivity contribution is -0.153. The fourth-order valence-electron chi connectivity index (χ4n) is 8.25. The van der Waals surface area contributed by atoms with Gasteiger partial charge in [0, 0.05) is 38.0 Å². The van der Waals surface area contributed by atoms with E-state index in [4.69, 9.17) is 9.47 Å². The van der Waals surface area contributed by atoms with Gasteiger partial charge in [0.15, 0.2) is 0 Å². The summed E-state index contributed by atoms with van der Waals surface area (Å²) >= 11 is 0. The normalized spacial score (nSPS) is 28.6. The van der Waals surface area contributed by atoms with E-state index in [1.165, 1.54) is 0 Å². The van der Waals surface area contributed by atoms with Gasteiger partial charge in [-0.15, -0.1) is 13.2 Å². The number of aliphatic hydroxyl groups excluding tert-OH is 1. The number of rotatable bonds is 18. The number of hydrogen-bond acceptors (Lipinski definition) is 6. The van der Waals surface area contributed by atoms with Crippen LogP contribution in [0.3, 0.4) is 0 Å². The number of nitrogens with zero attached hydrogens (tertiary/aromatic N) is 3. The van der Waals surface area contributed by atoms with Crippen molar-refractivity contribution >= 4 is 23.4 Å². The van der Waals surface area contributed by atoms with E-state index in [-0.39, 0.29) is 42.8 Å². The molecule has 1 aromatic rings. The maximum atomic E-state index is 14.8. The Hall–Kier alpha value is -3.17.